The number of nitrogens with one attached hydrogen (secondary N) is 1. The van der Waals surface area contributed by atoms with E-state index in [2.05, 4.69) is 5.32 Å². The van der Waals surface area contributed by atoms with E-state index in [4.69, 9.17) is 33.2 Å². The number of esters is 1. The molecule has 3 aliphatic rings. The molecular weight excluding hydrogens is 638 g/mol. The topological polar surface area (TPSA) is 171 Å². The quantitative estimate of drug-likeness (QED) is 0.286. The highest BCUT2D eigenvalue weighted by atomic mass is 16.7. The molecule has 0 aromatic heterocycles. The van der Waals surface area contributed by atoms with Gasteiger partial charge < -0.3 is 53.8 Å². The van der Waals surface area contributed by atoms with Crippen LogP contribution in [0.2, 0.25) is 0 Å². The van der Waals surface area contributed by atoms with Crippen molar-refractivity contribution in [3.05, 3.63) is 0 Å². The van der Waals surface area contributed by atoms with E-state index in [0.717, 1.165) is 6.42 Å². The van der Waals surface area contributed by atoms with Crippen molar-refractivity contribution < 1.29 is 58.1 Å². The molecule has 0 aromatic rings. The van der Waals surface area contributed by atoms with Gasteiger partial charge in [-0.3, -0.25) is 9.59 Å². The molecule has 13 nitrogen and oxygen atoms in total. The highest BCUT2D eigenvalue weighted by molar-refractivity contribution is 5.83. The van der Waals surface area contributed by atoms with Gasteiger partial charge in [0, 0.05) is 50.9 Å². The summed E-state index contributed by atoms with van der Waals surface area (Å²) in [5, 5.41) is 36.9. The van der Waals surface area contributed by atoms with Gasteiger partial charge in [0.1, 0.15) is 23.6 Å². The van der Waals surface area contributed by atoms with E-state index in [1.807, 2.05) is 27.8 Å². The fraction of sp³-hybridized carbons (Fsp3) is 0.944. The SMILES string of the molecule is CN[C@@H]1C[C@H](OC2[C@@H](C)C(O[C@H]3C[C@@](C)(OC)[C@@H](O)[C@H](C)O3)[C@@H](C)C(=O)O[C@H](C)[C@@](C)(O)[C@H](O)[C@@H](C)C(=O)[C@H](C)C[C@@]2(C)OC)O[C@H](C)C1. The van der Waals surface area contributed by atoms with E-state index < -0.39 is 95.6 Å². The Kier molecular flexibility index (Phi) is 14.3. The van der Waals surface area contributed by atoms with Crippen LogP contribution in [0.25, 0.3) is 0 Å². The lowest BCUT2D eigenvalue weighted by Gasteiger charge is -2.49. The molecule has 3 fully saturated rings. The lowest BCUT2D eigenvalue weighted by atomic mass is 9.74. The average molecular weight is 704 g/mol. The molecule has 0 spiro atoms. The first-order valence-corrected chi connectivity index (χ1v) is 17.9. The van der Waals surface area contributed by atoms with Crippen molar-refractivity contribution in [3.63, 3.8) is 0 Å². The molecule has 0 amide bonds. The molecule has 286 valence electrons. The molecule has 3 rings (SSSR count). The fourth-order valence-corrected chi connectivity index (χ4v) is 7.96. The second-order valence-electron chi connectivity index (χ2n) is 15.6. The normalized spacial score (nSPS) is 49.6. The maximum absolute atomic E-state index is 14.0. The van der Waals surface area contributed by atoms with Crippen LogP contribution in [0.5, 0.6) is 0 Å². The predicted octanol–water partition coefficient (Wildman–Crippen LogP) is 2.74. The summed E-state index contributed by atoms with van der Waals surface area (Å²) < 4.78 is 43.8. The van der Waals surface area contributed by atoms with Gasteiger partial charge in [-0.15, -0.1) is 0 Å². The summed E-state index contributed by atoms with van der Waals surface area (Å²) in [6, 6.07) is 0.143. The van der Waals surface area contributed by atoms with Gasteiger partial charge in [0.05, 0.1) is 47.6 Å². The minimum Gasteiger partial charge on any atom is -0.459 e. The molecule has 3 aliphatic heterocycles. The van der Waals surface area contributed by atoms with Gasteiger partial charge >= 0.3 is 5.97 Å². The van der Waals surface area contributed by atoms with Gasteiger partial charge in [-0.05, 0) is 68.4 Å². The number of methoxy groups -OCH3 is 2. The summed E-state index contributed by atoms with van der Waals surface area (Å²) in [6.45, 7) is 17.1. The molecule has 0 saturated carbocycles. The third kappa shape index (κ3) is 9.22. The van der Waals surface area contributed by atoms with Gasteiger partial charge in [0.2, 0.25) is 0 Å². The zero-order valence-corrected chi connectivity index (χ0v) is 31.9. The Morgan fingerprint density at radius 3 is 1.98 bits per heavy atom. The number of hydrogen-bond acceptors (Lipinski definition) is 13. The number of ketones is 1. The summed E-state index contributed by atoms with van der Waals surface area (Å²) in [5.41, 5.74) is -4.05. The standard InChI is InChI=1S/C36H65NO12/c1-18-16-35(9,44-13)32(49-26-15-25(37-11)14-19(2)45-26)21(4)29(48-27-17-34(8,43-12)31(40)23(6)46-27)22(5)33(41)47-24(7)36(10,42)30(39)20(3)28(18)38/h18-27,29-32,37,39-40,42H,14-17H2,1-13H3/t18-,19-,20+,21+,22-,23+,24-,25+,26+,27+,29?,30-,31+,32?,34-,35-,36-/m1/s1. The third-order valence-corrected chi connectivity index (χ3v) is 11.7. The number of carbonyl (C=O) groups is 2. The maximum atomic E-state index is 14.0. The molecule has 4 N–H and O–H groups in total. The summed E-state index contributed by atoms with van der Waals surface area (Å²) in [7, 11) is 4.97. The van der Waals surface area contributed by atoms with Crippen LogP contribution < -0.4 is 5.32 Å². The van der Waals surface area contributed by atoms with Crippen molar-refractivity contribution in [2.24, 2.45) is 23.7 Å². The number of ether oxygens (including phenoxy) is 7. The van der Waals surface area contributed by atoms with Gasteiger partial charge in [-0.2, -0.15) is 0 Å². The number of rotatable bonds is 7. The lowest BCUT2D eigenvalue weighted by molar-refractivity contribution is -0.309. The molecule has 0 bridgehead atoms. The third-order valence-electron chi connectivity index (χ3n) is 11.7. The molecule has 17 atom stereocenters. The van der Waals surface area contributed by atoms with Gasteiger partial charge in [-0.25, -0.2) is 0 Å². The minimum absolute atomic E-state index is 0.0906. The van der Waals surface area contributed by atoms with Crippen molar-refractivity contribution in [3.8, 4) is 0 Å². The Balaban J connectivity index is 2.16. The van der Waals surface area contributed by atoms with Crippen LogP contribution >= 0.6 is 0 Å². The molecule has 0 radical (unpaired) electrons. The predicted molar refractivity (Wildman–Crippen MR) is 180 cm³/mol. The summed E-state index contributed by atoms with van der Waals surface area (Å²) in [5.74, 6) is -4.09. The first kappa shape index (κ1) is 42.2. The Morgan fingerprint density at radius 1 is 0.796 bits per heavy atom. The second kappa shape index (κ2) is 16.6. The molecule has 13 heteroatoms. The minimum atomic E-state index is -1.94. The van der Waals surface area contributed by atoms with Crippen molar-refractivity contribution in [1.82, 2.24) is 5.32 Å². The van der Waals surface area contributed by atoms with Crippen molar-refractivity contribution in [2.45, 2.75) is 173 Å². The number of hydrogen-bond donors (Lipinski definition) is 4. The molecule has 3 heterocycles. The van der Waals surface area contributed by atoms with E-state index in [1.54, 1.807) is 41.7 Å². The number of Topliss-reactive ketones (excluding diaryl/α,β-unsaturated/α-hetero) is 1. The Hall–Kier alpha value is -1.26. The Morgan fingerprint density at radius 2 is 1.41 bits per heavy atom. The average Bonchev–Trinajstić information content (AvgIpc) is 3.05. The first-order valence-electron chi connectivity index (χ1n) is 17.9. The molecule has 0 aromatic carbocycles. The number of carbonyl (C=O) groups excluding carboxylic acids is 2. The zero-order valence-electron chi connectivity index (χ0n) is 31.9. The molecular formula is C36H65NO12. The highest BCUT2D eigenvalue weighted by Crippen LogP contribution is 2.41. The second-order valence-corrected chi connectivity index (χ2v) is 15.6. The molecule has 3 saturated heterocycles. The highest BCUT2D eigenvalue weighted by Gasteiger charge is 2.53. The Bertz CT molecular complexity index is 1110. The number of cyclic esters (lactones) is 1. The van der Waals surface area contributed by atoms with Crippen molar-refractivity contribution in [1.29, 1.82) is 0 Å². The van der Waals surface area contributed by atoms with Crippen LogP contribution in [0.4, 0.5) is 0 Å². The van der Waals surface area contributed by atoms with Gasteiger partial charge in [0.15, 0.2) is 12.6 Å². The number of aliphatic hydroxyl groups excluding tert-OH is 2. The maximum Gasteiger partial charge on any atom is 0.311 e. The fourth-order valence-electron chi connectivity index (χ4n) is 7.96. The van der Waals surface area contributed by atoms with E-state index in [-0.39, 0.29) is 30.8 Å². The smallest absolute Gasteiger partial charge is 0.311 e. The van der Waals surface area contributed by atoms with Crippen LogP contribution in [0.3, 0.4) is 0 Å². The summed E-state index contributed by atoms with van der Waals surface area (Å²) >= 11 is 0. The van der Waals surface area contributed by atoms with Crippen LogP contribution in [0, 0.1) is 23.7 Å². The largest absolute Gasteiger partial charge is 0.459 e. The summed E-state index contributed by atoms with van der Waals surface area (Å²) in [6.07, 6.45) is -5.85. The van der Waals surface area contributed by atoms with Crippen molar-refractivity contribution in [2.75, 3.05) is 21.3 Å². The van der Waals surface area contributed by atoms with Crippen molar-refractivity contribution >= 4 is 11.8 Å². The van der Waals surface area contributed by atoms with Gasteiger partial charge in [0.25, 0.3) is 0 Å². The van der Waals surface area contributed by atoms with E-state index in [1.165, 1.54) is 21.0 Å². The van der Waals surface area contributed by atoms with Crippen LogP contribution in [-0.2, 0) is 42.7 Å². The zero-order chi connectivity index (χ0) is 37.2. The van der Waals surface area contributed by atoms with Crippen LogP contribution in [0.15, 0.2) is 0 Å². The van der Waals surface area contributed by atoms with E-state index in [0.29, 0.717) is 6.42 Å². The first-order chi connectivity index (χ1) is 22.6. The number of aliphatic hydroxyl groups is 3. The summed E-state index contributed by atoms with van der Waals surface area (Å²) in [4.78, 5) is 27.8. The van der Waals surface area contributed by atoms with E-state index >= 15 is 0 Å². The Labute approximate surface area is 293 Å². The molecule has 0 aliphatic carbocycles. The van der Waals surface area contributed by atoms with Crippen LogP contribution in [0.1, 0.15) is 94.9 Å². The molecule has 49 heavy (non-hydrogen) atoms. The monoisotopic (exact) mass is 703 g/mol. The van der Waals surface area contributed by atoms with Crippen LogP contribution in [-0.4, -0.2) is 126 Å². The molecule has 2 unspecified atom stereocenters. The van der Waals surface area contributed by atoms with Gasteiger partial charge in [-0.1, -0.05) is 20.8 Å². The van der Waals surface area contributed by atoms with E-state index in [9.17, 15) is 24.9 Å². The lowest BCUT2D eigenvalue weighted by Crippen LogP contribution is -2.60.